The predicted molar refractivity (Wildman–Crippen MR) is 82.1 cm³/mol. The highest BCUT2D eigenvalue weighted by Crippen LogP contribution is 2.24. The van der Waals surface area contributed by atoms with E-state index >= 15 is 0 Å². The van der Waals surface area contributed by atoms with Gasteiger partial charge in [-0.25, -0.2) is 0 Å². The normalized spacial score (nSPS) is 12.2. The zero-order chi connectivity index (χ0) is 14.4. The molecule has 106 valence electrons. The molecule has 1 N–H and O–H groups in total. The van der Waals surface area contributed by atoms with Gasteiger partial charge in [-0.15, -0.1) is 0 Å². The van der Waals surface area contributed by atoms with Crippen LogP contribution in [0.4, 0.5) is 0 Å². The van der Waals surface area contributed by atoms with Crippen LogP contribution < -0.4 is 10.1 Å². The van der Waals surface area contributed by atoms with Gasteiger partial charge in [-0.2, -0.15) is 0 Å². The van der Waals surface area contributed by atoms with Gasteiger partial charge in [0, 0.05) is 18.4 Å². The van der Waals surface area contributed by atoms with Crippen molar-refractivity contribution >= 4 is 0 Å². The summed E-state index contributed by atoms with van der Waals surface area (Å²) in [7, 11) is 1.71. The Bertz CT molecular complexity index is 540. The van der Waals surface area contributed by atoms with Gasteiger partial charge in [-0.3, -0.25) is 4.98 Å². The Balaban J connectivity index is 2.22. The third-order valence-corrected chi connectivity index (χ3v) is 3.46. The SMILES string of the molecule is CCNC(Cc1ccncc1)c1ccc(OC)c(C)c1. The quantitative estimate of drug-likeness (QED) is 0.874. The Morgan fingerprint density at radius 1 is 1.20 bits per heavy atom. The number of likely N-dealkylation sites (N-methyl/N-ethyl adjacent to an activating group) is 1. The number of methoxy groups -OCH3 is 1. The fourth-order valence-corrected chi connectivity index (χ4v) is 2.43. The average Bonchev–Trinajstić information content (AvgIpc) is 2.48. The number of aryl methyl sites for hydroxylation is 1. The van der Waals surface area contributed by atoms with Crippen molar-refractivity contribution < 1.29 is 4.74 Å². The number of pyridine rings is 1. The van der Waals surface area contributed by atoms with Gasteiger partial charge in [0.1, 0.15) is 5.75 Å². The van der Waals surface area contributed by atoms with Gasteiger partial charge < -0.3 is 10.1 Å². The van der Waals surface area contributed by atoms with Crippen LogP contribution in [0.15, 0.2) is 42.7 Å². The van der Waals surface area contributed by atoms with Gasteiger partial charge in [-0.05, 0) is 54.8 Å². The monoisotopic (exact) mass is 270 g/mol. The van der Waals surface area contributed by atoms with Crippen LogP contribution in [0.25, 0.3) is 0 Å². The Kier molecular flexibility index (Phi) is 5.13. The molecular formula is C17H22N2O. The van der Waals surface area contributed by atoms with E-state index in [1.54, 1.807) is 7.11 Å². The first-order valence-electron chi connectivity index (χ1n) is 7.01. The average molecular weight is 270 g/mol. The number of aromatic nitrogens is 1. The molecule has 1 heterocycles. The van der Waals surface area contributed by atoms with Crippen molar-refractivity contribution in [2.24, 2.45) is 0 Å². The summed E-state index contributed by atoms with van der Waals surface area (Å²) in [6.45, 7) is 5.16. The summed E-state index contributed by atoms with van der Waals surface area (Å²) in [5.74, 6) is 0.938. The van der Waals surface area contributed by atoms with Crippen molar-refractivity contribution in [2.75, 3.05) is 13.7 Å². The van der Waals surface area contributed by atoms with Crippen molar-refractivity contribution in [2.45, 2.75) is 26.3 Å². The number of ether oxygens (including phenoxy) is 1. The van der Waals surface area contributed by atoms with Crippen molar-refractivity contribution in [3.8, 4) is 5.75 Å². The lowest BCUT2D eigenvalue weighted by atomic mass is 9.97. The minimum absolute atomic E-state index is 0.312. The molecular weight excluding hydrogens is 248 g/mol. The second-order valence-corrected chi connectivity index (χ2v) is 4.90. The Labute approximate surface area is 121 Å². The van der Waals surface area contributed by atoms with Gasteiger partial charge in [0.05, 0.1) is 7.11 Å². The van der Waals surface area contributed by atoms with Crippen LogP contribution in [0.5, 0.6) is 5.75 Å². The van der Waals surface area contributed by atoms with E-state index in [0.717, 1.165) is 18.7 Å². The summed E-state index contributed by atoms with van der Waals surface area (Å²) < 4.78 is 5.33. The lowest BCUT2D eigenvalue weighted by molar-refractivity contribution is 0.411. The number of hydrogen-bond donors (Lipinski definition) is 1. The molecule has 0 bridgehead atoms. The number of benzene rings is 1. The standard InChI is InChI=1S/C17H22N2O/c1-4-19-16(12-14-7-9-18-10-8-14)15-5-6-17(20-3)13(2)11-15/h5-11,16,19H,4,12H2,1-3H3. The van der Waals surface area contributed by atoms with E-state index in [9.17, 15) is 0 Å². The van der Waals surface area contributed by atoms with Gasteiger partial charge in [-0.1, -0.05) is 19.1 Å². The van der Waals surface area contributed by atoms with Crippen molar-refractivity contribution in [3.63, 3.8) is 0 Å². The molecule has 0 spiro atoms. The summed E-state index contributed by atoms with van der Waals surface area (Å²) in [5, 5.41) is 3.55. The molecule has 0 aliphatic rings. The van der Waals surface area contributed by atoms with Gasteiger partial charge in [0.2, 0.25) is 0 Å². The number of nitrogens with one attached hydrogen (secondary N) is 1. The fraction of sp³-hybridized carbons (Fsp3) is 0.353. The maximum Gasteiger partial charge on any atom is 0.121 e. The second kappa shape index (κ2) is 7.06. The molecule has 20 heavy (non-hydrogen) atoms. The molecule has 0 saturated heterocycles. The van der Waals surface area contributed by atoms with Crippen molar-refractivity contribution in [1.29, 1.82) is 0 Å². The third kappa shape index (κ3) is 3.58. The summed E-state index contributed by atoms with van der Waals surface area (Å²) in [5.41, 5.74) is 3.75. The van der Waals surface area contributed by atoms with E-state index in [1.807, 2.05) is 18.5 Å². The van der Waals surface area contributed by atoms with E-state index in [-0.39, 0.29) is 0 Å². The molecule has 0 radical (unpaired) electrons. The fourth-order valence-electron chi connectivity index (χ4n) is 2.43. The molecule has 0 aliphatic carbocycles. The molecule has 1 aromatic heterocycles. The zero-order valence-electron chi connectivity index (χ0n) is 12.4. The Morgan fingerprint density at radius 3 is 2.55 bits per heavy atom. The van der Waals surface area contributed by atoms with Crippen LogP contribution in [0.3, 0.4) is 0 Å². The summed E-state index contributed by atoms with van der Waals surface area (Å²) >= 11 is 0. The van der Waals surface area contributed by atoms with Crippen molar-refractivity contribution in [3.05, 3.63) is 59.4 Å². The van der Waals surface area contributed by atoms with Crippen molar-refractivity contribution in [1.82, 2.24) is 10.3 Å². The largest absolute Gasteiger partial charge is 0.496 e. The Hall–Kier alpha value is -1.87. The maximum atomic E-state index is 5.33. The van der Waals surface area contributed by atoms with Crippen LogP contribution in [0.1, 0.15) is 29.7 Å². The van der Waals surface area contributed by atoms with Crippen LogP contribution in [-0.2, 0) is 6.42 Å². The molecule has 3 heteroatoms. The number of nitrogens with zero attached hydrogens (tertiary/aromatic N) is 1. The highest BCUT2D eigenvalue weighted by molar-refractivity contribution is 5.38. The summed E-state index contributed by atoms with van der Waals surface area (Å²) in [6, 6.07) is 10.8. The minimum atomic E-state index is 0.312. The predicted octanol–water partition coefficient (Wildman–Crippen LogP) is 3.29. The molecule has 1 atom stereocenters. The van der Waals surface area contributed by atoms with E-state index in [1.165, 1.54) is 16.7 Å². The molecule has 0 saturated carbocycles. The highest BCUT2D eigenvalue weighted by Gasteiger charge is 2.12. The molecule has 3 nitrogen and oxygen atoms in total. The van der Waals surface area contributed by atoms with Crippen LogP contribution in [0.2, 0.25) is 0 Å². The first-order chi connectivity index (χ1) is 9.74. The number of rotatable bonds is 6. The number of hydrogen-bond acceptors (Lipinski definition) is 3. The molecule has 2 rings (SSSR count). The van der Waals surface area contributed by atoms with Crippen LogP contribution in [-0.4, -0.2) is 18.6 Å². The summed E-state index contributed by atoms with van der Waals surface area (Å²) in [4.78, 5) is 4.07. The highest BCUT2D eigenvalue weighted by atomic mass is 16.5. The topological polar surface area (TPSA) is 34.2 Å². The van der Waals surface area contributed by atoms with Gasteiger partial charge >= 0.3 is 0 Å². The smallest absolute Gasteiger partial charge is 0.121 e. The molecule has 0 fully saturated rings. The zero-order valence-corrected chi connectivity index (χ0v) is 12.4. The summed E-state index contributed by atoms with van der Waals surface area (Å²) in [6.07, 6.45) is 4.65. The van der Waals surface area contributed by atoms with Crippen LogP contribution >= 0.6 is 0 Å². The second-order valence-electron chi connectivity index (χ2n) is 4.90. The van der Waals surface area contributed by atoms with Gasteiger partial charge in [0.15, 0.2) is 0 Å². The first kappa shape index (κ1) is 14.5. The first-order valence-corrected chi connectivity index (χ1v) is 7.01. The molecule has 1 unspecified atom stereocenters. The maximum absolute atomic E-state index is 5.33. The minimum Gasteiger partial charge on any atom is -0.496 e. The van der Waals surface area contributed by atoms with Gasteiger partial charge in [0.25, 0.3) is 0 Å². The molecule has 0 aliphatic heterocycles. The van der Waals surface area contributed by atoms with E-state index < -0.39 is 0 Å². The molecule has 1 aromatic carbocycles. The van der Waals surface area contributed by atoms with E-state index in [4.69, 9.17) is 4.74 Å². The van der Waals surface area contributed by atoms with Crippen LogP contribution in [0, 0.1) is 6.92 Å². The van der Waals surface area contributed by atoms with E-state index in [0.29, 0.717) is 6.04 Å². The lowest BCUT2D eigenvalue weighted by Crippen LogP contribution is -2.23. The lowest BCUT2D eigenvalue weighted by Gasteiger charge is -2.19. The van der Waals surface area contributed by atoms with E-state index in [2.05, 4.69) is 48.4 Å². The Morgan fingerprint density at radius 2 is 1.95 bits per heavy atom. The molecule has 0 amide bonds. The molecule has 2 aromatic rings. The third-order valence-electron chi connectivity index (χ3n) is 3.46.